The number of hydrogen-bond donors (Lipinski definition) is 2. The largest absolute Gasteiger partial charge is 0.482 e. The molecular formula is C15H20N2O3. The minimum atomic E-state index is -0.262. The molecule has 20 heavy (non-hydrogen) atoms. The van der Waals surface area contributed by atoms with Crippen LogP contribution < -0.4 is 10.5 Å². The van der Waals surface area contributed by atoms with E-state index in [-0.39, 0.29) is 30.7 Å². The quantitative estimate of drug-likeness (QED) is 0.812. The second-order valence-corrected chi connectivity index (χ2v) is 5.64. The van der Waals surface area contributed by atoms with Crippen LogP contribution in [0.1, 0.15) is 25.7 Å². The Morgan fingerprint density at radius 1 is 1.30 bits per heavy atom. The van der Waals surface area contributed by atoms with E-state index in [0.717, 1.165) is 12.8 Å². The van der Waals surface area contributed by atoms with Crippen molar-refractivity contribution in [1.29, 1.82) is 0 Å². The predicted molar refractivity (Wildman–Crippen MR) is 75.2 cm³/mol. The fraction of sp³-hybridized carbons (Fsp3) is 0.533. The van der Waals surface area contributed by atoms with Gasteiger partial charge in [0, 0.05) is 12.1 Å². The summed E-state index contributed by atoms with van der Waals surface area (Å²) in [4.78, 5) is 14.2. The van der Waals surface area contributed by atoms with Crippen molar-refractivity contribution in [3.8, 4) is 5.75 Å². The molecule has 108 valence electrons. The number of nitrogens with two attached hydrogens (primary N) is 1. The zero-order valence-corrected chi connectivity index (χ0v) is 11.4. The van der Waals surface area contributed by atoms with Crippen LogP contribution in [0, 0.1) is 0 Å². The van der Waals surface area contributed by atoms with Crippen molar-refractivity contribution in [2.75, 3.05) is 12.3 Å². The second kappa shape index (κ2) is 5.32. The van der Waals surface area contributed by atoms with Gasteiger partial charge in [0.05, 0.1) is 11.8 Å². The van der Waals surface area contributed by atoms with Crippen LogP contribution in [-0.2, 0) is 4.79 Å². The van der Waals surface area contributed by atoms with Crippen molar-refractivity contribution in [1.82, 2.24) is 4.90 Å². The first-order chi connectivity index (χ1) is 9.65. The first-order valence-electron chi connectivity index (χ1n) is 7.11. The number of benzene rings is 1. The molecule has 2 bridgehead atoms. The zero-order chi connectivity index (χ0) is 14.1. The van der Waals surface area contributed by atoms with Crippen LogP contribution >= 0.6 is 0 Å². The number of anilines is 1. The molecule has 0 spiro atoms. The number of para-hydroxylation sites is 2. The minimum Gasteiger partial charge on any atom is -0.482 e. The van der Waals surface area contributed by atoms with Gasteiger partial charge in [-0.2, -0.15) is 0 Å². The standard InChI is InChI=1S/C15H20N2O3/c16-13-3-1-2-4-14(13)20-9-15(19)17-10-5-6-11(17)8-12(18)7-10/h1-4,10-12,18H,5-9,16H2. The summed E-state index contributed by atoms with van der Waals surface area (Å²) in [5.41, 5.74) is 6.33. The lowest BCUT2D eigenvalue weighted by molar-refractivity contribution is -0.139. The van der Waals surface area contributed by atoms with Gasteiger partial charge in [-0.3, -0.25) is 4.79 Å². The topological polar surface area (TPSA) is 75.8 Å². The van der Waals surface area contributed by atoms with Crippen LogP contribution in [0.2, 0.25) is 0 Å². The summed E-state index contributed by atoms with van der Waals surface area (Å²) in [5.74, 6) is 0.540. The monoisotopic (exact) mass is 276 g/mol. The Kier molecular flexibility index (Phi) is 3.53. The molecule has 1 aromatic carbocycles. The molecule has 0 radical (unpaired) electrons. The van der Waals surface area contributed by atoms with E-state index < -0.39 is 0 Å². The van der Waals surface area contributed by atoms with E-state index in [0.29, 0.717) is 24.3 Å². The number of aliphatic hydroxyl groups excluding tert-OH is 1. The number of aliphatic hydroxyl groups is 1. The molecule has 2 unspecified atom stereocenters. The number of ether oxygens (including phenoxy) is 1. The summed E-state index contributed by atoms with van der Waals surface area (Å²) < 4.78 is 5.52. The number of carbonyl (C=O) groups excluding carboxylic acids is 1. The maximum Gasteiger partial charge on any atom is 0.261 e. The average Bonchev–Trinajstić information content (AvgIpc) is 2.70. The van der Waals surface area contributed by atoms with Crippen molar-refractivity contribution in [2.24, 2.45) is 0 Å². The lowest BCUT2D eigenvalue weighted by Gasteiger charge is -2.37. The summed E-state index contributed by atoms with van der Waals surface area (Å²) in [5, 5.41) is 9.75. The number of nitrogens with zero attached hydrogens (tertiary/aromatic N) is 1. The van der Waals surface area contributed by atoms with Crippen LogP contribution in [0.4, 0.5) is 5.69 Å². The van der Waals surface area contributed by atoms with E-state index in [1.54, 1.807) is 12.1 Å². The van der Waals surface area contributed by atoms with E-state index in [4.69, 9.17) is 10.5 Å². The number of nitrogen functional groups attached to an aromatic ring is 1. The van der Waals surface area contributed by atoms with Gasteiger partial charge in [0.15, 0.2) is 6.61 Å². The number of carbonyl (C=O) groups is 1. The van der Waals surface area contributed by atoms with Crippen LogP contribution in [0.3, 0.4) is 0 Å². The third kappa shape index (κ3) is 2.45. The molecule has 1 aromatic rings. The molecule has 2 aliphatic rings. The molecule has 2 heterocycles. The first kappa shape index (κ1) is 13.2. The smallest absolute Gasteiger partial charge is 0.261 e. The van der Waals surface area contributed by atoms with Crippen molar-refractivity contribution < 1.29 is 14.6 Å². The highest BCUT2D eigenvalue weighted by molar-refractivity contribution is 5.79. The van der Waals surface area contributed by atoms with Gasteiger partial charge in [-0.25, -0.2) is 0 Å². The van der Waals surface area contributed by atoms with E-state index in [1.165, 1.54) is 0 Å². The van der Waals surface area contributed by atoms with Crippen LogP contribution in [0.15, 0.2) is 24.3 Å². The third-order valence-corrected chi connectivity index (χ3v) is 4.27. The van der Waals surface area contributed by atoms with Crippen molar-refractivity contribution in [2.45, 2.75) is 43.9 Å². The molecule has 2 atom stereocenters. The first-order valence-corrected chi connectivity index (χ1v) is 7.11. The Balaban J connectivity index is 1.62. The number of fused-ring (bicyclic) bond motifs is 2. The second-order valence-electron chi connectivity index (χ2n) is 5.64. The Morgan fingerprint density at radius 2 is 1.95 bits per heavy atom. The summed E-state index contributed by atoms with van der Waals surface area (Å²) >= 11 is 0. The molecule has 0 aromatic heterocycles. The number of rotatable bonds is 3. The fourth-order valence-electron chi connectivity index (χ4n) is 3.38. The van der Waals surface area contributed by atoms with Crippen molar-refractivity contribution in [3.63, 3.8) is 0 Å². The van der Waals surface area contributed by atoms with Gasteiger partial charge < -0.3 is 20.5 Å². The lowest BCUT2D eigenvalue weighted by Crippen LogP contribution is -2.49. The molecule has 2 aliphatic heterocycles. The van der Waals surface area contributed by atoms with E-state index in [1.807, 2.05) is 17.0 Å². The highest BCUT2D eigenvalue weighted by atomic mass is 16.5. The Hall–Kier alpha value is -1.75. The minimum absolute atomic E-state index is 0.00680. The molecule has 0 saturated carbocycles. The Labute approximate surface area is 118 Å². The molecule has 5 heteroatoms. The Morgan fingerprint density at radius 3 is 2.60 bits per heavy atom. The zero-order valence-electron chi connectivity index (χ0n) is 11.4. The van der Waals surface area contributed by atoms with Gasteiger partial charge in [-0.15, -0.1) is 0 Å². The summed E-state index contributed by atoms with van der Waals surface area (Å²) in [6.45, 7) is 0.0112. The normalized spacial score (nSPS) is 28.4. The maximum absolute atomic E-state index is 12.3. The molecule has 3 N–H and O–H groups in total. The number of piperidine rings is 1. The van der Waals surface area contributed by atoms with Gasteiger partial charge in [0.2, 0.25) is 0 Å². The average molecular weight is 276 g/mol. The SMILES string of the molecule is Nc1ccccc1OCC(=O)N1C2CCC1CC(O)C2. The molecule has 2 saturated heterocycles. The number of hydrogen-bond acceptors (Lipinski definition) is 4. The summed E-state index contributed by atoms with van der Waals surface area (Å²) in [6, 6.07) is 7.52. The molecule has 0 aliphatic carbocycles. The van der Waals surface area contributed by atoms with Gasteiger partial charge in [-0.05, 0) is 37.8 Å². The predicted octanol–water partition coefficient (Wildman–Crippen LogP) is 1.16. The summed E-state index contributed by atoms with van der Waals surface area (Å²) in [7, 11) is 0. The highest BCUT2D eigenvalue weighted by Crippen LogP contribution is 2.35. The van der Waals surface area contributed by atoms with Gasteiger partial charge >= 0.3 is 0 Å². The molecule has 1 amide bonds. The van der Waals surface area contributed by atoms with E-state index >= 15 is 0 Å². The molecule has 3 rings (SSSR count). The Bertz CT molecular complexity index is 492. The molecular weight excluding hydrogens is 256 g/mol. The van der Waals surface area contributed by atoms with Crippen LogP contribution in [0.25, 0.3) is 0 Å². The summed E-state index contributed by atoms with van der Waals surface area (Å²) in [6.07, 6.45) is 3.09. The van der Waals surface area contributed by atoms with E-state index in [9.17, 15) is 9.90 Å². The van der Waals surface area contributed by atoms with Crippen molar-refractivity contribution >= 4 is 11.6 Å². The molecule has 5 nitrogen and oxygen atoms in total. The highest BCUT2D eigenvalue weighted by Gasteiger charge is 2.42. The number of amides is 1. The molecule has 2 fully saturated rings. The van der Waals surface area contributed by atoms with Gasteiger partial charge in [0.25, 0.3) is 5.91 Å². The van der Waals surface area contributed by atoms with Crippen molar-refractivity contribution in [3.05, 3.63) is 24.3 Å². The van der Waals surface area contributed by atoms with Crippen LogP contribution in [0.5, 0.6) is 5.75 Å². The third-order valence-electron chi connectivity index (χ3n) is 4.27. The lowest BCUT2D eigenvalue weighted by atomic mass is 10.00. The van der Waals surface area contributed by atoms with Gasteiger partial charge in [0.1, 0.15) is 5.75 Å². The van der Waals surface area contributed by atoms with E-state index in [2.05, 4.69) is 0 Å². The van der Waals surface area contributed by atoms with Gasteiger partial charge in [-0.1, -0.05) is 12.1 Å². The van der Waals surface area contributed by atoms with Crippen LogP contribution in [-0.4, -0.2) is 40.7 Å². The maximum atomic E-state index is 12.3. The fourth-order valence-corrected chi connectivity index (χ4v) is 3.38.